The second-order valence-electron chi connectivity index (χ2n) is 7.28. The topological polar surface area (TPSA) is 54.3 Å². The Morgan fingerprint density at radius 1 is 0.935 bits per heavy atom. The van der Waals surface area contributed by atoms with E-state index in [4.69, 9.17) is 11.6 Å². The highest BCUT2D eigenvalue weighted by atomic mass is 35.5. The number of halogens is 1. The standard InChI is InChI=1S/C24H18ClN3O2S/c25-21-6-2-1-5-20(21)22(29)26-18-9-7-16(8-10-18)23(30)28-15-19-4-3-12-27(19)14-17-11-13-31-24(17)28/h1-13H,14-15H2,(H,26,29). The first-order valence-electron chi connectivity index (χ1n) is 9.78. The zero-order valence-electron chi connectivity index (χ0n) is 16.4. The number of fused-ring (bicyclic) bond motifs is 2. The Hall–Kier alpha value is -3.35. The maximum atomic E-state index is 13.4. The molecule has 4 aromatic rings. The van der Waals surface area contributed by atoms with Gasteiger partial charge in [-0.1, -0.05) is 23.7 Å². The van der Waals surface area contributed by atoms with E-state index in [9.17, 15) is 9.59 Å². The maximum absolute atomic E-state index is 13.4. The molecule has 1 aliphatic heterocycles. The molecule has 0 fully saturated rings. The van der Waals surface area contributed by atoms with Gasteiger partial charge in [0.25, 0.3) is 11.8 Å². The third kappa shape index (κ3) is 3.76. The van der Waals surface area contributed by atoms with Crippen molar-refractivity contribution >= 4 is 45.4 Å². The van der Waals surface area contributed by atoms with Crippen molar-refractivity contribution in [1.82, 2.24) is 4.57 Å². The lowest BCUT2D eigenvalue weighted by molar-refractivity contribution is 0.0984. The summed E-state index contributed by atoms with van der Waals surface area (Å²) in [5.74, 6) is -0.358. The molecule has 0 spiro atoms. The van der Waals surface area contributed by atoms with Gasteiger partial charge in [0, 0.05) is 28.7 Å². The van der Waals surface area contributed by atoms with Crippen molar-refractivity contribution in [2.75, 3.05) is 10.2 Å². The van der Waals surface area contributed by atoms with E-state index >= 15 is 0 Å². The van der Waals surface area contributed by atoms with E-state index in [1.165, 1.54) is 0 Å². The molecule has 0 saturated carbocycles. The van der Waals surface area contributed by atoms with Crippen molar-refractivity contribution in [3.63, 3.8) is 0 Å². The highest BCUT2D eigenvalue weighted by Gasteiger charge is 2.26. The first-order chi connectivity index (χ1) is 15.1. The van der Waals surface area contributed by atoms with E-state index < -0.39 is 0 Å². The zero-order valence-corrected chi connectivity index (χ0v) is 18.0. The number of nitrogens with zero attached hydrogens (tertiary/aromatic N) is 2. The summed E-state index contributed by atoms with van der Waals surface area (Å²) >= 11 is 7.68. The van der Waals surface area contributed by atoms with E-state index in [0.29, 0.717) is 28.4 Å². The average molecular weight is 448 g/mol. The van der Waals surface area contributed by atoms with Crippen LogP contribution in [0.25, 0.3) is 0 Å². The maximum Gasteiger partial charge on any atom is 0.259 e. The normalized spacial score (nSPS) is 12.6. The molecule has 5 nitrogen and oxygen atoms in total. The summed E-state index contributed by atoms with van der Waals surface area (Å²) in [4.78, 5) is 27.7. The highest BCUT2D eigenvalue weighted by Crippen LogP contribution is 2.34. The minimum atomic E-state index is -0.291. The fraction of sp³-hybridized carbons (Fsp3) is 0.0833. The molecule has 3 heterocycles. The van der Waals surface area contributed by atoms with Crippen LogP contribution in [-0.2, 0) is 13.1 Å². The van der Waals surface area contributed by atoms with Gasteiger partial charge in [-0.25, -0.2) is 0 Å². The highest BCUT2D eigenvalue weighted by molar-refractivity contribution is 7.14. The molecule has 0 saturated heterocycles. The summed E-state index contributed by atoms with van der Waals surface area (Å²) in [6.07, 6.45) is 2.04. The fourth-order valence-corrected chi connectivity index (χ4v) is 4.85. The van der Waals surface area contributed by atoms with Gasteiger partial charge >= 0.3 is 0 Å². The molecule has 2 amide bonds. The number of carbonyl (C=O) groups excluding carboxylic acids is 2. The Bertz CT molecular complexity index is 1280. The van der Waals surface area contributed by atoms with Crippen molar-refractivity contribution in [3.8, 4) is 0 Å². The molecule has 2 aromatic heterocycles. The monoisotopic (exact) mass is 447 g/mol. The smallest absolute Gasteiger partial charge is 0.259 e. The van der Waals surface area contributed by atoms with Gasteiger partial charge in [-0.3, -0.25) is 14.5 Å². The SMILES string of the molecule is O=C(Nc1ccc(C(=O)N2Cc3cccn3Cc3ccsc32)cc1)c1ccccc1Cl. The summed E-state index contributed by atoms with van der Waals surface area (Å²) in [5, 5.41) is 6.22. The molecule has 0 aliphatic carbocycles. The van der Waals surface area contributed by atoms with Crippen LogP contribution in [0.4, 0.5) is 10.7 Å². The molecule has 0 unspecified atom stereocenters. The van der Waals surface area contributed by atoms with E-state index in [0.717, 1.165) is 22.8 Å². The van der Waals surface area contributed by atoms with Crippen LogP contribution in [0.1, 0.15) is 32.0 Å². The summed E-state index contributed by atoms with van der Waals surface area (Å²) in [7, 11) is 0. The number of anilines is 2. The molecule has 5 rings (SSSR count). The largest absolute Gasteiger partial charge is 0.345 e. The van der Waals surface area contributed by atoms with Crippen molar-refractivity contribution in [1.29, 1.82) is 0 Å². The van der Waals surface area contributed by atoms with Gasteiger partial charge in [0.05, 0.1) is 23.7 Å². The van der Waals surface area contributed by atoms with Crippen molar-refractivity contribution in [2.24, 2.45) is 0 Å². The number of hydrogen-bond acceptors (Lipinski definition) is 3. The van der Waals surface area contributed by atoms with Crippen LogP contribution in [0.15, 0.2) is 78.3 Å². The molecule has 7 heteroatoms. The summed E-state index contributed by atoms with van der Waals surface area (Å²) < 4.78 is 2.17. The van der Waals surface area contributed by atoms with Crippen LogP contribution in [0.2, 0.25) is 5.02 Å². The quantitative estimate of drug-likeness (QED) is 0.440. The Morgan fingerprint density at radius 3 is 2.55 bits per heavy atom. The molecule has 0 bridgehead atoms. The van der Waals surface area contributed by atoms with Crippen LogP contribution in [0, 0.1) is 0 Å². The predicted octanol–water partition coefficient (Wildman–Crippen LogP) is 5.66. The average Bonchev–Trinajstić information content (AvgIpc) is 3.39. The van der Waals surface area contributed by atoms with Gasteiger partial charge in [-0.05, 0) is 60.0 Å². The Balaban J connectivity index is 1.37. The number of thiophene rings is 1. The second kappa shape index (κ2) is 8.06. The molecule has 1 N–H and O–H groups in total. The van der Waals surface area contributed by atoms with Crippen LogP contribution < -0.4 is 10.2 Å². The van der Waals surface area contributed by atoms with E-state index in [2.05, 4.69) is 16.0 Å². The van der Waals surface area contributed by atoms with Gasteiger partial charge in [-0.15, -0.1) is 11.3 Å². The lowest BCUT2D eigenvalue weighted by atomic mass is 10.1. The Morgan fingerprint density at radius 2 is 1.74 bits per heavy atom. The molecule has 0 radical (unpaired) electrons. The number of benzene rings is 2. The number of rotatable bonds is 3. The number of amides is 2. The molecular formula is C24H18ClN3O2S. The van der Waals surface area contributed by atoms with Gasteiger partial charge in [-0.2, -0.15) is 0 Å². The number of aromatic nitrogens is 1. The van der Waals surface area contributed by atoms with Crippen LogP contribution in [-0.4, -0.2) is 16.4 Å². The first-order valence-corrected chi connectivity index (χ1v) is 11.0. The van der Waals surface area contributed by atoms with E-state index in [-0.39, 0.29) is 11.8 Å². The van der Waals surface area contributed by atoms with Gasteiger partial charge < -0.3 is 9.88 Å². The number of nitrogens with one attached hydrogen (secondary N) is 1. The number of carbonyl (C=O) groups is 2. The van der Waals surface area contributed by atoms with Gasteiger partial charge in [0.15, 0.2) is 0 Å². The fourth-order valence-electron chi connectivity index (χ4n) is 3.71. The third-order valence-electron chi connectivity index (χ3n) is 5.31. The Kier molecular flexibility index (Phi) is 5.10. The summed E-state index contributed by atoms with van der Waals surface area (Å²) in [6.45, 7) is 1.28. The van der Waals surface area contributed by atoms with Crippen LogP contribution in [0.3, 0.4) is 0 Å². The van der Waals surface area contributed by atoms with Crippen molar-refractivity contribution in [3.05, 3.63) is 106 Å². The van der Waals surface area contributed by atoms with Gasteiger partial charge in [0.1, 0.15) is 5.00 Å². The summed E-state index contributed by atoms with van der Waals surface area (Å²) in [5.41, 5.74) is 3.80. The lowest BCUT2D eigenvalue weighted by Gasteiger charge is -2.20. The molecule has 1 aliphatic rings. The predicted molar refractivity (Wildman–Crippen MR) is 124 cm³/mol. The molecular weight excluding hydrogens is 430 g/mol. The third-order valence-corrected chi connectivity index (χ3v) is 6.61. The lowest BCUT2D eigenvalue weighted by Crippen LogP contribution is -2.29. The molecule has 2 aromatic carbocycles. The first kappa shape index (κ1) is 19.6. The van der Waals surface area contributed by atoms with Crippen LogP contribution >= 0.6 is 22.9 Å². The minimum Gasteiger partial charge on any atom is -0.345 e. The van der Waals surface area contributed by atoms with Crippen molar-refractivity contribution < 1.29 is 9.59 Å². The second-order valence-corrected chi connectivity index (χ2v) is 8.58. The van der Waals surface area contributed by atoms with Gasteiger partial charge in [0.2, 0.25) is 0 Å². The van der Waals surface area contributed by atoms with E-state index in [1.54, 1.807) is 59.9 Å². The van der Waals surface area contributed by atoms with Crippen molar-refractivity contribution in [2.45, 2.75) is 13.1 Å². The summed E-state index contributed by atoms with van der Waals surface area (Å²) in [6, 6.07) is 20.0. The minimum absolute atomic E-state index is 0.0673. The zero-order chi connectivity index (χ0) is 21.4. The number of hydrogen-bond donors (Lipinski definition) is 1. The van der Waals surface area contributed by atoms with Crippen LogP contribution in [0.5, 0.6) is 0 Å². The molecule has 31 heavy (non-hydrogen) atoms. The van der Waals surface area contributed by atoms with E-state index in [1.807, 2.05) is 28.6 Å². The molecule has 154 valence electrons. The Labute approximate surface area is 188 Å². The molecule has 0 atom stereocenters.